The van der Waals surface area contributed by atoms with Gasteiger partial charge in [0, 0.05) is 75.7 Å². The number of ether oxygens (including phenoxy) is 2. The zero-order valence-electron chi connectivity index (χ0n) is 34.3. The molecule has 15 nitrogen and oxygen atoms in total. The first-order valence-corrected chi connectivity index (χ1v) is 24.1. The second kappa shape index (κ2) is 21.4. The van der Waals surface area contributed by atoms with Crippen molar-refractivity contribution in [1.29, 1.82) is 0 Å². The van der Waals surface area contributed by atoms with Gasteiger partial charge in [-0.1, -0.05) is 18.2 Å². The lowest BCUT2D eigenvalue weighted by Crippen LogP contribution is -2.09. The molecule has 9 aromatic rings. The van der Waals surface area contributed by atoms with Crippen LogP contribution < -0.4 is 13.7 Å². The molecular weight excluding hydrogens is 988 g/mol. The summed E-state index contributed by atoms with van der Waals surface area (Å²) in [5, 5.41) is 44.2. The maximum absolute atomic E-state index is 12.2. The van der Waals surface area contributed by atoms with E-state index < -0.39 is 45.2 Å². The summed E-state index contributed by atoms with van der Waals surface area (Å²) in [7, 11) is -3.94. The third-order valence-corrected chi connectivity index (χ3v) is 14.2. The summed E-state index contributed by atoms with van der Waals surface area (Å²) in [6, 6.07) is 27.1. The number of phenols is 1. The third kappa shape index (κ3) is 12.4. The van der Waals surface area contributed by atoms with Gasteiger partial charge in [-0.2, -0.15) is 8.42 Å². The lowest BCUT2D eigenvalue weighted by Gasteiger charge is -2.07. The number of rotatable bonds is 9. The molecule has 4 heterocycles. The lowest BCUT2D eigenvalue weighted by molar-refractivity contribution is -0.132. The molecular formula is C46H31ClO15S5. The minimum absolute atomic E-state index is 0.0406. The summed E-state index contributed by atoms with van der Waals surface area (Å²) in [4.78, 5) is 65.5. The van der Waals surface area contributed by atoms with Crippen molar-refractivity contribution in [2.45, 2.75) is 18.7 Å². The Kier molecular flexibility index (Phi) is 15.7. The topological polar surface area (TPSA) is 245 Å². The van der Waals surface area contributed by atoms with Gasteiger partial charge in [0.1, 0.15) is 27.9 Å². The van der Waals surface area contributed by atoms with Gasteiger partial charge in [0.25, 0.3) is 5.24 Å². The largest absolute Gasteiger partial charge is 0.508 e. The zero-order chi connectivity index (χ0) is 48.6. The van der Waals surface area contributed by atoms with E-state index in [1.54, 1.807) is 88.9 Å². The number of carbonyl (C=O) groups excluding carboxylic acids is 3. The summed E-state index contributed by atoms with van der Waals surface area (Å²) in [5.41, 5.74) is 1.04. The van der Waals surface area contributed by atoms with E-state index in [9.17, 15) is 37.2 Å². The molecule has 4 aromatic heterocycles. The molecule has 342 valence electrons. The minimum Gasteiger partial charge on any atom is -0.508 e. The van der Waals surface area contributed by atoms with Crippen LogP contribution in [0, 0.1) is 0 Å². The summed E-state index contributed by atoms with van der Waals surface area (Å²) < 4.78 is 42.6. The van der Waals surface area contributed by atoms with Gasteiger partial charge in [-0.3, -0.25) is 14.4 Å². The van der Waals surface area contributed by atoms with Crippen LogP contribution in [0.5, 0.6) is 23.0 Å². The molecule has 0 atom stereocenters. The van der Waals surface area contributed by atoms with E-state index in [2.05, 4.69) is 0 Å². The van der Waals surface area contributed by atoms with Gasteiger partial charge >= 0.3 is 40.0 Å². The number of carbonyl (C=O) groups is 6. The number of halogens is 1. The highest BCUT2D eigenvalue weighted by Crippen LogP contribution is 2.33. The Hall–Kier alpha value is -7.20. The highest BCUT2D eigenvalue weighted by molar-refractivity contribution is 7.87. The molecule has 0 amide bonds. The molecule has 0 bridgehead atoms. The number of phenolic OH excluding ortho intramolecular Hbond substituents is 1. The number of fused-ring (bicyclic) bond motifs is 4. The number of carboxylic acids is 3. The molecule has 0 spiro atoms. The van der Waals surface area contributed by atoms with Gasteiger partial charge in [0.2, 0.25) is 0 Å². The normalized spacial score (nSPS) is 10.7. The van der Waals surface area contributed by atoms with Gasteiger partial charge in [-0.15, -0.1) is 45.3 Å². The highest BCUT2D eigenvalue weighted by Gasteiger charge is 2.19. The van der Waals surface area contributed by atoms with Crippen molar-refractivity contribution in [3.05, 3.63) is 147 Å². The van der Waals surface area contributed by atoms with E-state index in [-0.39, 0.29) is 33.1 Å². The third-order valence-electron chi connectivity index (χ3n) is 8.86. The van der Waals surface area contributed by atoms with Crippen molar-refractivity contribution in [3.63, 3.8) is 0 Å². The van der Waals surface area contributed by atoms with E-state index in [1.807, 2.05) is 0 Å². The van der Waals surface area contributed by atoms with Crippen LogP contribution in [0.1, 0.15) is 55.3 Å². The number of esters is 2. The van der Waals surface area contributed by atoms with Gasteiger partial charge in [-0.25, -0.2) is 14.4 Å². The Morgan fingerprint density at radius 3 is 1.25 bits per heavy atom. The Balaban J connectivity index is 0.000000150. The molecule has 0 fully saturated rings. The lowest BCUT2D eigenvalue weighted by atomic mass is 10.2. The zero-order valence-corrected chi connectivity index (χ0v) is 39.2. The van der Waals surface area contributed by atoms with Crippen LogP contribution in [0.4, 0.5) is 0 Å². The fraction of sp³-hybridized carbons (Fsp3) is 0.0435. The first kappa shape index (κ1) is 49.2. The molecule has 0 aliphatic heterocycles. The average molecular weight is 1020 g/mol. The number of aromatic carboxylic acids is 3. The summed E-state index contributed by atoms with van der Waals surface area (Å²) in [5.74, 6) is -2.87. The van der Waals surface area contributed by atoms with E-state index in [4.69, 9.17) is 45.7 Å². The smallest absolute Gasteiger partial charge is 0.339 e. The van der Waals surface area contributed by atoms with Crippen LogP contribution in [0.15, 0.2) is 130 Å². The van der Waals surface area contributed by atoms with Crippen molar-refractivity contribution in [1.82, 2.24) is 0 Å². The molecule has 0 saturated heterocycles. The predicted octanol–water partition coefficient (Wildman–Crippen LogP) is 11.4. The quantitative estimate of drug-likeness (QED) is 0.0454. The second-order valence-electron chi connectivity index (χ2n) is 13.5. The van der Waals surface area contributed by atoms with Gasteiger partial charge < -0.3 is 34.1 Å². The molecule has 0 saturated carbocycles. The Labute approximate surface area is 400 Å². The number of aromatic hydroxyl groups is 1. The summed E-state index contributed by atoms with van der Waals surface area (Å²) in [6.07, 6.45) is 0. The molecule has 0 radical (unpaired) electrons. The molecule has 0 unspecified atom stereocenters. The molecule has 67 heavy (non-hydrogen) atoms. The Morgan fingerprint density at radius 1 is 0.493 bits per heavy atom. The molecule has 5 aromatic carbocycles. The van der Waals surface area contributed by atoms with Crippen LogP contribution in [-0.2, 0) is 19.7 Å². The van der Waals surface area contributed by atoms with Crippen molar-refractivity contribution in [2.75, 3.05) is 0 Å². The Bertz CT molecular complexity index is 3360. The second-order valence-corrected chi connectivity index (χ2v) is 19.0. The van der Waals surface area contributed by atoms with Crippen molar-refractivity contribution < 1.29 is 71.3 Å². The molecule has 4 N–H and O–H groups in total. The maximum Gasteiger partial charge on any atom is 0.339 e. The van der Waals surface area contributed by atoms with Gasteiger partial charge in [-0.05, 0) is 96.5 Å². The molecule has 0 aliphatic rings. The molecule has 0 aliphatic carbocycles. The average Bonchev–Trinajstić information content (AvgIpc) is 4.08. The van der Waals surface area contributed by atoms with E-state index in [0.717, 1.165) is 18.8 Å². The van der Waals surface area contributed by atoms with Crippen molar-refractivity contribution >= 4 is 142 Å². The number of carboxylic acid groups (broad SMARTS) is 3. The fourth-order valence-corrected chi connectivity index (χ4v) is 10.8. The van der Waals surface area contributed by atoms with Crippen molar-refractivity contribution in [3.8, 4) is 23.0 Å². The number of thiophene rings is 4. The number of hydrogen-bond donors (Lipinski definition) is 4. The van der Waals surface area contributed by atoms with Gasteiger partial charge in [0.05, 0.1) is 22.3 Å². The van der Waals surface area contributed by atoms with Crippen LogP contribution in [0.3, 0.4) is 0 Å². The number of hydrogen-bond acceptors (Lipinski definition) is 16. The SMILES string of the molecule is CC(=O)Oc1ccc2scc(C(=O)Cl)c2c1.CC(=O)Oc1ccc2scc(C(=O)O)c2c1.O=C(O)c1csc2ccc(O)cc12.O=C(O)c1csc2ccc(OS(=O)(=O)c3ccccc3)cc12. The Morgan fingerprint density at radius 2 is 0.851 bits per heavy atom. The molecule has 21 heteroatoms. The van der Waals surface area contributed by atoms with Crippen LogP contribution in [-0.4, -0.2) is 63.9 Å². The first-order chi connectivity index (χ1) is 31.8. The first-order valence-electron chi connectivity index (χ1n) is 18.8. The van der Waals surface area contributed by atoms with Crippen LogP contribution in [0.25, 0.3) is 40.3 Å². The maximum atomic E-state index is 12.2. The van der Waals surface area contributed by atoms with Crippen molar-refractivity contribution in [2.24, 2.45) is 0 Å². The summed E-state index contributed by atoms with van der Waals surface area (Å²) in [6.45, 7) is 2.63. The molecule has 9 rings (SSSR count). The fourth-order valence-electron chi connectivity index (χ4n) is 5.96. The van der Waals surface area contributed by atoms with E-state index in [0.29, 0.717) is 38.6 Å². The van der Waals surface area contributed by atoms with E-state index >= 15 is 0 Å². The standard InChI is InChI=1S/C15H10O5S2.C11H7ClO3S.C11H8O4S.C9H6O3S/c16-15(17)13-9-21-14-7-6-10(8-12(13)14)20-22(18,19)11-4-2-1-3-5-11;1-6(13)15-7-2-3-10-8(4-7)9(5-16-10)11(12)14;1-6(12)15-7-2-3-10-8(4-7)9(5-16-10)11(13)14;10-5-1-2-8-6(3-5)7(4-13-8)9(11)12/h1-9H,(H,16,17);2-5H,1H3;2-5H,1H3,(H,13,14);1-4,10H,(H,11,12). The highest BCUT2D eigenvalue weighted by atomic mass is 35.5. The number of benzene rings is 5. The van der Waals surface area contributed by atoms with Crippen LogP contribution in [0.2, 0.25) is 0 Å². The van der Waals surface area contributed by atoms with E-state index in [1.165, 1.54) is 94.9 Å². The minimum atomic E-state index is -3.94. The summed E-state index contributed by atoms with van der Waals surface area (Å²) >= 11 is 10.9. The monoisotopic (exact) mass is 1020 g/mol. The predicted molar refractivity (Wildman–Crippen MR) is 257 cm³/mol. The van der Waals surface area contributed by atoms with Gasteiger partial charge in [0.15, 0.2) is 0 Å². The van der Waals surface area contributed by atoms with Crippen LogP contribution >= 0.6 is 56.9 Å².